The quantitative estimate of drug-likeness (QED) is 0.383. The van der Waals surface area contributed by atoms with Crippen LogP contribution in [-0.4, -0.2) is 48.2 Å². The molecule has 2 N–H and O–H groups in total. The molecular formula is C19H33N3O4. The molecule has 1 aliphatic heterocycles. The van der Waals surface area contributed by atoms with Gasteiger partial charge in [0.2, 0.25) is 23.6 Å². The molecule has 0 radical (unpaired) electrons. The Morgan fingerprint density at radius 2 is 1.58 bits per heavy atom. The lowest BCUT2D eigenvalue weighted by Gasteiger charge is -2.13. The fourth-order valence-corrected chi connectivity index (χ4v) is 3.00. The van der Waals surface area contributed by atoms with Crippen molar-refractivity contribution in [3.63, 3.8) is 0 Å². The summed E-state index contributed by atoms with van der Waals surface area (Å²) in [6, 6.07) is 0. The van der Waals surface area contributed by atoms with Gasteiger partial charge in [-0.1, -0.05) is 26.2 Å². The molecule has 1 heterocycles. The monoisotopic (exact) mass is 367 g/mol. The third kappa shape index (κ3) is 8.97. The summed E-state index contributed by atoms with van der Waals surface area (Å²) in [7, 11) is 0. The van der Waals surface area contributed by atoms with Gasteiger partial charge in [0.25, 0.3) is 0 Å². The van der Waals surface area contributed by atoms with E-state index in [4.69, 9.17) is 0 Å². The fraction of sp³-hybridized carbons (Fsp3) is 0.789. The zero-order valence-corrected chi connectivity index (χ0v) is 16.1. The van der Waals surface area contributed by atoms with Gasteiger partial charge in [-0.05, 0) is 25.7 Å². The Kier molecular flexibility index (Phi) is 10.6. The minimum absolute atomic E-state index is 0.00505. The predicted molar refractivity (Wildman–Crippen MR) is 99.1 cm³/mol. The molecule has 1 aliphatic rings. The summed E-state index contributed by atoms with van der Waals surface area (Å²) in [5.41, 5.74) is 0. The molecule has 1 saturated heterocycles. The summed E-state index contributed by atoms with van der Waals surface area (Å²) < 4.78 is 0. The van der Waals surface area contributed by atoms with Gasteiger partial charge in [-0.15, -0.1) is 0 Å². The number of carbonyl (C=O) groups excluding carboxylic acids is 4. The van der Waals surface area contributed by atoms with E-state index >= 15 is 0 Å². The zero-order valence-electron chi connectivity index (χ0n) is 16.1. The lowest BCUT2D eigenvalue weighted by Crippen LogP contribution is -2.31. The number of imide groups is 1. The first-order valence-electron chi connectivity index (χ1n) is 9.77. The maximum atomic E-state index is 11.8. The van der Waals surface area contributed by atoms with E-state index in [-0.39, 0.29) is 29.5 Å². The number of amides is 4. The molecule has 0 bridgehead atoms. The van der Waals surface area contributed by atoms with Crippen molar-refractivity contribution in [2.45, 2.75) is 71.6 Å². The van der Waals surface area contributed by atoms with Crippen LogP contribution >= 0.6 is 0 Å². The summed E-state index contributed by atoms with van der Waals surface area (Å²) in [6.45, 7) is 5.18. The molecule has 0 spiro atoms. The standard InChI is InChI=1S/C19H33N3O4/c1-15-14-18(25)22(19(15)26)13-9-5-6-10-17(24)21-12-8-4-3-7-11-20-16(2)23/h15H,3-14H2,1-2H3,(H,20,23)(H,21,24). The normalized spacial score (nSPS) is 16.8. The second-order valence-corrected chi connectivity index (χ2v) is 7.05. The van der Waals surface area contributed by atoms with Gasteiger partial charge in [0, 0.05) is 45.3 Å². The smallest absolute Gasteiger partial charge is 0.232 e. The van der Waals surface area contributed by atoms with Crippen LogP contribution < -0.4 is 10.6 Å². The van der Waals surface area contributed by atoms with Gasteiger partial charge in [-0.3, -0.25) is 24.1 Å². The van der Waals surface area contributed by atoms with Crippen molar-refractivity contribution in [2.75, 3.05) is 19.6 Å². The molecule has 1 rings (SSSR count). The van der Waals surface area contributed by atoms with Crippen molar-refractivity contribution in [3.05, 3.63) is 0 Å². The summed E-state index contributed by atoms with van der Waals surface area (Å²) in [6.07, 6.45) is 7.17. The van der Waals surface area contributed by atoms with Crippen molar-refractivity contribution >= 4 is 23.6 Å². The van der Waals surface area contributed by atoms with E-state index in [1.165, 1.54) is 11.8 Å². The number of rotatable bonds is 13. The van der Waals surface area contributed by atoms with Gasteiger partial charge in [-0.25, -0.2) is 0 Å². The Balaban J connectivity index is 1.92. The average molecular weight is 367 g/mol. The second-order valence-electron chi connectivity index (χ2n) is 7.05. The maximum Gasteiger partial charge on any atom is 0.232 e. The first kappa shape index (κ1) is 22.1. The van der Waals surface area contributed by atoms with Gasteiger partial charge in [0.15, 0.2) is 0 Å². The molecule has 7 nitrogen and oxygen atoms in total. The van der Waals surface area contributed by atoms with Crippen LogP contribution in [0, 0.1) is 5.92 Å². The van der Waals surface area contributed by atoms with Crippen LogP contribution in [0.25, 0.3) is 0 Å². The van der Waals surface area contributed by atoms with Crippen LogP contribution in [0.15, 0.2) is 0 Å². The molecule has 0 aromatic heterocycles. The lowest BCUT2D eigenvalue weighted by molar-refractivity contribution is -0.139. The van der Waals surface area contributed by atoms with Crippen LogP contribution in [0.2, 0.25) is 0 Å². The number of likely N-dealkylation sites (tertiary alicyclic amines) is 1. The Labute approximate surface area is 156 Å². The van der Waals surface area contributed by atoms with Crippen LogP contribution in [0.5, 0.6) is 0 Å². The lowest BCUT2D eigenvalue weighted by atomic mass is 10.1. The van der Waals surface area contributed by atoms with Gasteiger partial charge in [0.05, 0.1) is 0 Å². The Hall–Kier alpha value is -1.92. The molecular weight excluding hydrogens is 334 g/mol. The van der Waals surface area contributed by atoms with Crippen molar-refractivity contribution in [1.82, 2.24) is 15.5 Å². The molecule has 1 unspecified atom stereocenters. The molecule has 4 amide bonds. The minimum atomic E-state index is -0.182. The van der Waals surface area contributed by atoms with Crippen molar-refractivity contribution < 1.29 is 19.2 Å². The first-order chi connectivity index (χ1) is 12.4. The van der Waals surface area contributed by atoms with Gasteiger partial charge < -0.3 is 10.6 Å². The molecule has 7 heteroatoms. The number of nitrogens with zero attached hydrogens (tertiary/aromatic N) is 1. The summed E-state index contributed by atoms with van der Waals surface area (Å²) in [5, 5.41) is 5.68. The number of hydrogen-bond donors (Lipinski definition) is 2. The third-order valence-electron chi connectivity index (χ3n) is 4.55. The van der Waals surface area contributed by atoms with E-state index in [2.05, 4.69) is 10.6 Å². The molecule has 148 valence electrons. The van der Waals surface area contributed by atoms with Crippen LogP contribution in [0.4, 0.5) is 0 Å². The molecule has 1 atom stereocenters. The van der Waals surface area contributed by atoms with Crippen molar-refractivity contribution in [1.29, 1.82) is 0 Å². The molecule has 1 fully saturated rings. The topological polar surface area (TPSA) is 95.6 Å². The summed E-state index contributed by atoms with van der Waals surface area (Å²) in [4.78, 5) is 47.2. The van der Waals surface area contributed by atoms with E-state index in [1.807, 2.05) is 0 Å². The van der Waals surface area contributed by atoms with Gasteiger partial charge >= 0.3 is 0 Å². The Bertz CT molecular complexity index is 493. The predicted octanol–water partition coefficient (Wildman–Crippen LogP) is 1.75. The van der Waals surface area contributed by atoms with Crippen molar-refractivity contribution in [2.24, 2.45) is 5.92 Å². The molecule has 0 saturated carbocycles. The van der Waals surface area contributed by atoms with Gasteiger partial charge in [-0.2, -0.15) is 0 Å². The summed E-state index contributed by atoms with van der Waals surface area (Å²) >= 11 is 0. The zero-order chi connectivity index (χ0) is 19.4. The Morgan fingerprint density at radius 3 is 2.15 bits per heavy atom. The minimum Gasteiger partial charge on any atom is -0.356 e. The van der Waals surface area contributed by atoms with E-state index < -0.39 is 0 Å². The maximum absolute atomic E-state index is 11.8. The summed E-state index contributed by atoms with van der Waals surface area (Å²) in [5.74, 6) is -0.253. The highest BCUT2D eigenvalue weighted by Gasteiger charge is 2.34. The van der Waals surface area contributed by atoms with E-state index in [1.54, 1.807) is 6.92 Å². The third-order valence-corrected chi connectivity index (χ3v) is 4.55. The second kappa shape index (κ2) is 12.4. The first-order valence-corrected chi connectivity index (χ1v) is 9.77. The fourth-order valence-electron chi connectivity index (χ4n) is 3.00. The van der Waals surface area contributed by atoms with Crippen molar-refractivity contribution in [3.8, 4) is 0 Å². The van der Waals surface area contributed by atoms with Gasteiger partial charge in [0.1, 0.15) is 0 Å². The molecule has 0 aromatic rings. The molecule has 0 aromatic carbocycles. The van der Waals surface area contributed by atoms with E-state index in [0.717, 1.165) is 51.5 Å². The largest absolute Gasteiger partial charge is 0.356 e. The Morgan fingerprint density at radius 1 is 0.962 bits per heavy atom. The molecule has 26 heavy (non-hydrogen) atoms. The number of carbonyl (C=O) groups is 4. The number of nitrogens with one attached hydrogen (secondary N) is 2. The SMILES string of the molecule is CC(=O)NCCCCCCNC(=O)CCCCCN1C(=O)CC(C)C1=O. The van der Waals surface area contributed by atoms with Crippen LogP contribution in [0.3, 0.4) is 0 Å². The van der Waals surface area contributed by atoms with Crippen LogP contribution in [-0.2, 0) is 19.2 Å². The highest BCUT2D eigenvalue weighted by atomic mass is 16.2. The average Bonchev–Trinajstić information content (AvgIpc) is 2.82. The number of unbranched alkanes of at least 4 members (excludes halogenated alkanes) is 5. The van der Waals surface area contributed by atoms with E-state index in [9.17, 15) is 19.2 Å². The molecule has 0 aliphatic carbocycles. The number of hydrogen-bond acceptors (Lipinski definition) is 4. The highest BCUT2D eigenvalue weighted by Crippen LogP contribution is 2.19. The highest BCUT2D eigenvalue weighted by molar-refractivity contribution is 6.03. The van der Waals surface area contributed by atoms with Crippen LogP contribution in [0.1, 0.15) is 71.6 Å². The van der Waals surface area contributed by atoms with E-state index in [0.29, 0.717) is 25.9 Å².